The van der Waals surface area contributed by atoms with E-state index in [1.165, 1.54) is 0 Å². The number of piperidine rings is 1. The molecule has 5 rings (SSSR count). The maximum atomic E-state index is 13.0. The van der Waals surface area contributed by atoms with Crippen molar-refractivity contribution in [2.75, 3.05) is 19.7 Å². The zero-order valence-electron chi connectivity index (χ0n) is 18.7. The minimum absolute atomic E-state index is 0.175. The largest absolute Gasteiger partial charge is 0.466 e. The molecule has 3 saturated heterocycles. The van der Waals surface area contributed by atoms with E-state index < -0.39 is 47.9 Å². The Hall–Kier alpha value is -1.97. The van der Waals surface area contributed by atoms with Gasteiger partial charge in [0.2, 0.25) is 0 Å². The van der Waals surface area contributed by atoms with Crippen molar-refractivity contribution in [3.8, 4) is 0 Å². The van der Waals surface area contributed by atoms with Crippen LogP contribution in [0.15, 0.2) is 11.6 Å². The summed E-state index contributed by atoms with van der Waals surface area (Å²) in [5.74, 6) is -1.81. The minimum atomic E-state index is -0.942. The quantitative estimate of drug-likeness (QED) is 0.375. The summed E-state index contributed by atoms with van der Waals surface area (Å²) in [5, 5.41) is 11.3. The van der Waals surface area contributed by atoms with Gasteiger partial charge in [-0.25, -0.2) is 4.79 Å². The lowest BCUT2D eigenvalue weighted by atomic mass is 9.79. The molecule has 0 amide bonds. The number of nitrogens with zero attached hydrogens (tertiary/aromatic N) is 1. The van der Waals surface area contributed by atoms with Gasteiger partial charge in [-0.1, -0.05) is 6.92 Å². The average molecular weight is 450 g/mol. The first-order chi connectivity index (χ1) is 15.2. The second kappa shape index (κ2) is 7.81. The lowest BCUT2D eigenvalue weighted by Crippen LogP contribution is -2.52. The van der Waals surface area contributed by atoms with Gasteiger partial charge in [-0.15, -0.1) is 0 Å². The van der Waals surface area contributed by atoms with Crippen molar-refractivity contribution in [3.63, 3.8) is 0 Å². The first kappa shape index (κ1) is 21.9. The summed E-state index contributed by atoms with van der Waals surface area (Å²) in [6.45, 7) is 6.96. The molecular formula is C23H31NO8. The third-order valence-corrected chi connectivity index (χ3v) is 7.89. The number of esters is 3. The van der Waals surface area contributed by atoms with E-state index in [9.17, 15) is 19.5 Å². The van der Waals surface area contributed by atoms with Crippen LogP contribution in [0.1, 0.15) is 40.0 Å². The van der Waals surface area contributed by atoms with Crippen molar-refractivity contribution in [3.05, 3.63) is 11.6 Å². The first-order valence-electron chi connectivity index (χ1n) is 11.6. The third-order valence-electron chi connectivity index (χ3n) is 7.89. The summed E-state index contributed by atoms with van der Waals surface area (Å²) in [5.41, 5.74) is -0.226. The van der Waals surface area contributed by atoms with Crippen molar-refractivity contribution in [1.82, 2.24) is 4.90 Å². The SMILES string of the molecule is CCOC(=O)C1CCN([C@H]2C3=C[C@@H](OC3=O)[C@@H]3C(C)C(=O)O[C@H]3C[C@]3(C)O[C@H]3[C@@H]2O)CC1. The Kier molecular flexibility index (Phi) is 5.34. The normalized spacial score (nSPS) is 44.1. The number of hydrogen-bond acceptors (Lipinski definition) is 9. The van der Waals surface area contributed by atoms with Crippen LogP contribution in [0.5, 0.6) is 0 Å². The molecule has 1 N–H and O–H groups in total. The van der Waals surface area contributed by atoms with Crippen LogP contribution in [0.2, 0.25) is 0 Å². The predicted octanol–water partition coefficient (Wildman–Crippen LogP) is 0.582. The Labute approximate surface area is 187 Å². The summed E-state index contributed by atoms with van der Waals surface area (Å²) < 4.78 is 22.5. The summed E-state index contributed by atoms with van der Waals surface area (Å²) >= 11 is 0. The fourth-order valence-electron chi connectivity index (χ4n) is 6.05. The standard InChI is InChI=1S/C23H31NO8/c1-4-29-21(27)12-5-7-24(8-6-12)17-13-9-14(30-22(13)28)16-11(2)20(26)31-15(16)10-23(3)19(32-23)18(17)25/h9,11-12,14-19,25H,4-8,10H2,1-3H3/t11?,14-,15+,16+,17+,18-,19+,23+/m1/s1. The summed E-state index contributed by atoms with van der Waals surface area (Å²) in [6, 6.07) is -0.590. The van der Waals surface area contributed by atoms with Gasteiger partial charge in [0.25, 0.3) is 0 Å². The highest BCUT2D eigenvalue weighted by Gasteiger charge is 2.64. The maximum Gasteiger partial charge on any atom is 0.336 e. The van der Waals surface area contributed by atoms with Crippen molar-refractivity contribution >= 4 is 17.9 Å². The minimum Gasteiger partial charge on any atom is -0.466 e. The van der Waals surface area contributed by atoms with Crippen LogP contribution in [0.4, 0.5) is 0 Å². The monoisotopic (exact) mass is 449 g/mol. The van der Waals surface area contributed by atoms with E-state index in [1.807, 2.05) is 6.92 Å². The lowest BCUT2D eigenvalue weighted by molar-refractivity contribution is -0.150. The number of carbonyl (C=O) groups excluding carboxylic acids is 3. The number of likely N-dealkylation sites (tertiary alicyclic amines) is 1. The Balaban J connectivity index is 1.43. The van der Waals surface area contributed by atoms with E-state index >= 15 is 0 Å². The van der Waals surface area contributed by atoms with Gasteiger partial charge in [0.15, 0.2) is 0 Å². The van der Waals surface area contributed by atoms with Crippen molar-refractivity contribution < 1.29 is 38.4 Å². The van der Waals surface area contributed by atoms with Crippen LogP contribution in [0.25, 0.3) is 0 Å². The van der Waals surface area contributed by atoms with Crippen LogP contribution >= 0.6 is 0 Å². The molecule has 1 unspecified atom stereocenters. The molecule has 0 aromatic rings. The summed E-state index contributed by atoms with van der Waals surface area (Å²) in [4.78, 5) is 39.4. The highest BCUT2D eigenvalue weighted by Crippen LogP contribution is 2.50. The van der Waals surface area contributed by atoms with Gasteiger partial charge in [-0.2, -0.15) is 0 Å². The van der Waals surface area contributed by atoms with E-state index in [0.29, 0.717) is 44.5 Å². The van der Waals surface area contributed by atoms with Crippen LogP contribution < -0.4 is 0 Å². The third kappa shape index (κ3) is 3.45. The second-order valence-electron chi connectivity index (χ2n) is 9.89. The number of ether oxygens (including phenoxy) is 4. The molecule has 0 spiro atoms. The highest BCUT2D eigenvalue weighted by atomic mass is 16.6. The van der Waals surface area contributed by atoms with Crippen molar-refractivity contribution in [2.24, 2.45) is 17.8 Å². The lowest BCUT2D eigenvalue weighted by Gasteiger charge is -2.39. The van der Waals surface area contributed by atoms with E-state index in [0.717, 1.165) is 0 Å². The molecule has 9 heteroatoms. The topological polar surface area (TPSA) is 115 Å². The summed E-state index contributed by atoms with van der Waals surface area (Å²) in [7, 11) is 0. The van der Waals surface area contributed by atoms with Crippen molar-refractivity contribution in [2.45, 2.75) is 76.1 Å². The van der Waals surface area contributed by atoms with Crippen LogP contribution in [0, 0.1) is 17.8 Å². The zero-order valence-corrected chi connectivity index (χ0v) is 18.7. The highest BCUT2D eigenvalue weighted by molar-refractivity contribution is 5.92. The van der Waals surface area contributed by atoms with Gasteiger partial charge in [0, 0.05) is 12.3 Å². The molecule has 176 valence electrons. The molecule has 32 heavy (non-hydrogen) atoms. The number of hydrogen-bond donors (Lipinski definition) is 1. The number of aliphatic hydroxyl groups is 1. The molecule has 0 saturated carbocycles. The first-order valence-corrected chi connectivity index (χ1v) is 11.6. The number of rotatable bonds is 3. The van der Waals surface area contributed by atoms with Gasteiger partial charge in [0.05, 0.1) is 35.7 Å². The Morgan fingerprint density at radius 1 is 1.28 bits per heavy atom. The molecule has 3 fully saturated rings. The smallest absolute Gasteiger partial charge is 0.336 e. The van der Waals surface area contributed by atoms with Gasteiger partial charge in [-0.05, 0) is 45.9 Å². The van der Waals surface area contributed by atoms with E-state index in [2.05, 4.69) is 4.90 Å². The number of epoxide rings is 1. The molecule has 4 aliphatic heterocycles. The van der Waals surface area contributed by atoms with Crippen molar-refractivity contribution in [1.29, 1.82) is 0 Å². The van der Waals surface area contributed by atoms with E-state index in [1.54, 1.807) is 19.9 Å². The molecule has 8 atom stereocenters. The molecule has 1 aliphatic carbocycles. The second-order valence-corrected chi connectivity index (χ2v) is 9.89. The molecule has 4 heterocycles. The zero-order chi connectivity index (χ0) is 22.8. The predicted molar refractivity (Wildman–Crippen MR) is 109 cm³/mol. The molecule has 0 aromatic heterocycles. The van der Waals surface area contributed by atoms with Crippen LogP contribution in [0.3, 0.4) is 0 Å². The summed E-state index contributed by atoms with van der Waals surface area (Å²) in [6.07, 6.45) is 0.999. The number of carbonyl (C=O) groups is 3. The van der Waals surface area contributed by atoms with Crippen LogP contribution in [-0.2, 0) is 33.3 Å². The molecular weight excluding hydrogens is 418 g/mol. The number of aliphatic hydroxyl groups excluding tert-OH is 1. The van der Waals surface area contributed by atoms with E-state index in [4.69, 9.17) is 18.9 Å². The van der Waals surface area contributed by atoms with Gasteiger partial charge >= 0.3 is 17.9 Å². The maximum absolute atomic E-state index is 13.0. The molecule has 9 nitrogen and oxygen atoms in total. The average Bonchev–Trinajstić information content (AvgIpc) is 3.16. The fraction of sp³-hybridized carbons (Fsp3) is 0.783. The number of fused-ring (bicyclic) bond motifs is 4. The Morgan fingerprint density at radius 2 is 2.00 bits per heavy atom. The molecule has 0 aromatic carbocycles. The Morgan fingerprint density at radius 3 is 2.69 bits per heavy atom. The Bertz CT molecular complexity index is 849. The fourth-order valence-corrected chi connectivity index (χ4v) is 6.05. The van der Waals surface area contributed by atoms with E-state index in [-0.39, 0.29) is 23.8 Å². The molecule has 5 aliphatic rings. The van der Waals surface area contributed by atoms with Gasteiger partial charge in [0.1, 0.15) is 24.4 Å². The van der Waals surface area contributed by atoms with Crippen LogP contribution in [-0.4, -0.2) is 83.7 Å². The molecule has 2 bridgehead atoms. The molecule has 0 radical (unpaired) electrons. The van der Waals surface area contributed by atoms with Gasteiger partial charge < -0.3 is 24.1 Å². The van der Waals surface area contributed by atoms with Gasteiger partial charge in [-0.3, -0.25) is 14.5 Å².